The van der Waals surface area contributed by atoms with E-state index < -0.39 is 14.8 Å². The van der Waals surface area contributed by atoms with Crippen LogP contribution in [0, 0.1) is 10.1 Å². The summed E-state index contributed by atoms with van der Waals surface area (Å²) in [5.74, 6) is -0.164. The van der Waals surface area contributed by atoms with E-state index in [0.717, 1.165) is 15.8 Å². The van der Waals surface area contributed by atoms with Gasteiger partial charge in [0.15, 0.2) is 0 Å². The topological polar surface area (TPSA) is 90.2 Å². The zero-order valence-corrected chi connectivity index (χ0v) is 14.7. The second-order valence-corrected chi connectivity index (χ2v) is 8.88. The Hall–Kier alpha value is -1.84. The third-order valence-corrected chi connectivity index (χ3v) is 6.81. The van der Waals surface area contributed by atoms with Gasteiger partial charge in [0.2, 0.25) is 14.2 Å². The number of nitrogens with zero attached hydrogens (tertiary/aromatic N) is 2. The summed E-state index contributed by atoms with van der Waals surface area (Å²) < 4.78 is 26.4. The predicted octanol–water partition coefficient (Wildman–Crippen LogP) is 3.94. The minimum Gasteiger partial charge on any atom is -0.258 e. The zero-order valence-electron chi connectivity index (χ0n) is 11.5. The maximum absolute atomic E-state index is 12.5. The number of thiazole rings is 1. The number of nitro benzene ring substituents is 1. The Morgan fingerprint density at radius 3 is 2.52 bits per heavy atom. The maximum Gasteiger partial charge on any atom is 0.271 e. The van der Waals surface area contributed by atoms with Crippen LogP contribution in [0.4, 0.5) is 5.69 Å². The number of non-ortho nitro benzene ring substituents is 1. The number of rotatable bonds is 4. The van der Waals surface area contributed by atoms with Crippen molar-refractivity contribution in [3.05, 3.63) is 62.6 Å². The van der Waals surface area contributed by atoms with Crippen LogP contribution in [0.25, 0.3) is 10.2 Å². The SMILES string of the molecule is O=[N+]([O-])c1ccc2sc(S(=O)(=O)Cc3ccc(Br)cc3)nc2c1. The summed E-state index contributed by atoms with van der Waals surface area (Å²) in [6, 6.07) is 11.1. The molecule has 0 aliphatic rings. The third-order valence-electron chi connectivity index (χ3n) is 3.10. The van der Waals surface area contributed by atoms with Crippen LogP contribution in [-0.2, 0) is 15.6 Å². The molecular weight excluding hydrogens is 404 g/mol. The standard InChI is InChI=1S/C14H9BrN2O4S2/c15-10-3-1-9(2-4-10)8-23(20,21)14-16-12-7-11(17(18)19)5-6-13(12)22-14/h1-7H,8H2. The van der Waals surface area contributed by atoms with E-state index >= 15 is 0 Å². The van der Waals surface area contributed by atoms with Crippen molar-refractivity contribution >= 4 is 53.0 Å². The van der Waals surface area contributed by atoms with E-state index in [1.54, 1.807) is 24.3 Å². The van der Waals surface area contributed by atoms with Gasteiger partial charge >= 0.3 is 0 Å². The van der Waals surface area contributed by atoms with E-state index in [2.05, 4.69) is 20.9 Å². The van der Waals surface area contributed by atoms with E-state index in [-0.39, 0.29) is 15.8 Å². The molecule has 1 heterocycles. The number of hydrogen-bond acceptors (Lipinski definition) is 6. The average molecular weight is 413 g/mol. The van der Waals surface area contributed by atoms with Crippen LogP contribution in [0.15, 0.2) is 51.3 Å². The monoisotopic (exact) mass is 412 g/mol. The molecule has 118 valence electrons. The molecule has 0 unspecified atom stereocenters. The Balaban J connectivity index is 1.97. The first-order valence-corrected chi connectivity index (χ1v) is 9.63. The van der Waals surface area contributed by atoms with Gasteiger partial charge in [0, 0.05) is 16.6 Å². The number of benzene rings is 2. The normalized spacial score (nSPS) is 11.7. The fourth-order valence-electron chi connectivity index (χ4n) is 2.00. The number of nitro groups is 1. The molecule has 0 aliphatic carbocycles. The number of hydrogen-bond donors (Lipinski definition) is 0. The number of halogens is 1. The van der Waals surface area contributed by atoms with Gasteiger partial charge in [-0.3, -0.25) is 10.1 Å². The molecule has 0 bridgehead atoms. The van der Waals surface area contributed by atoms with Gasteiger partial charge in [-0.15, -0.1) is 11.3 Å². The molecule has 6 nitrogen and oxygen atoms in total. The quantitative estimate of drug-likeness (QED) is 0.477. The molecule has 3 rings (SSSR count). The Labute approximate surface area is 144 Å². The van der Waals surface area contributed by atoms with Crippen LogP contribution < -0.4 is 0 Å². The fraction of sp³-hybridized carbons (Fsp3) is 0.0714. The molecule has 0 N–H and O–H groups in total. The molecule has 3 aromatic rings. The maximum atomic E-state index is 12.5. The molecule has 0 radical (unpaired) electrons. The second kappa shape index (κ2) is 5.99. The van der Waals surface area contributed by atoms with Gasteiger partial charge in [0.1, 0.15) is 0 Å². The Bertz CT molecular complexity index is 997. The van der Waals surface area contributed by atoms with Crippen molar-refractivity contribution in [3.8, 4) is 0 Å². The number of fused-ring (bicyclic) bond motifs is 1. The smallest absolute Gasteiger partial charge is 0.258 e. The van der Waals surface area contributed by atoms with Crippen molar-refractivity contribution in [1.29, 1.82) is 0 Å². The summed E-state index contributed by atoms with van der Waals surface area (Å²) in [5.41, 5.74) is 0.858. The minimum atomic E-state index is -3.60. The third kappa shape index (κ3) is 3.41. The summed E-state index contributed by atoms with van der Waals surface area (Å²) in [5, 5.41) is 10.8. The molecule has 9 heteroatoms. The van der Waals surface area contributed by atoms with Gasteiger partial charge < -0.3 is 0 Å². The van der Waals surface area contributed by atoms with Crippen LogP contribution in [0.1, 0.15) is 5.56 Å². The summed E-state index contributed by atoms with van der Waals surface area (Å²) in [6.07, 6.45) is 0. The van der Waals surface area contributed by atoms with Gasteiger partial charge in [0.25, 0.3) is 5.69 Å². The largest absolute Gasteiger partial charge is 0.271 e. The lowest BCUT2D eigenvalue weighted by Crippen LogP contribution is -2.04. The van der Waals surface area contributed by atoms with Crippen LogP contribution in [-0.4, -0.2) is 18.3 Å². The van der Waals surface area contributed by atoms with Crippen molar-refractivity contribution in [2.75, 3.05) is 0 Å². The van der Waals surface area contributed by atoms with Crippen LogP contribution >= 0.6 is 27.3 Å². The number of aromatic nitrogens is 1. The Morgan fingerprint density at radius 1 is 1.17 bits per heavy atom. The first-order valence-electron chi connectivity index (χ1n) is 6.37. The number of sulfone groups is 1. The van der Waals surface area contributed by atoms with Gasteiger partial charge in [0.05, 0.1) is 20.9 Å². The van der Waals surface area contributed by atoms with Crippen LogP contribution in [0.5, 0.6) is 0 Å². The molecule has 0 amide bonds. The van der Waals surface area contributed by atoms with Crippen LogP contribution in [0.3, 0.4) is 0 Å². The Morgan fingerprint density at radius 2 is 1.87 bits per heavy atom. The highest BCUT2D eigenvalue weighted by Crippen LogP contribution is 2.30. The van der Waals surface area contributed by atoms with E-state index in [9.17, 15) is 18.5 Å². The Kier molecular flexibility index (Phi) is 4.17. The van der Waals surface area contributed by atoms with Crippen molar-refractivity contribution in [2.24, 2.45) is 0 Å². The summed E-state index contributed by atoms with van der Waals surface area (Å²) in [4.78, 5) is 14.3. The van der Waals surface area contributed by atoms with E-state index in [4.69, 9.17) is 0 Å². The molecule has 1 aromatic heterocycles. The minimum absolute atomic E-state index is 0.0316. The van der Waals surface area contributed by atoms with Crippen LogP contribution in [0.2, 0.25) is 0 Å². The molecule has 0 atom stereocenters. The molecule has 0 saturated carbocycles. The molecule has 2 aromatic carbocycles. The molecule has 0 aliphatic heterocycles. The van der Waals surface area contributed by atoms with Gasteiger partial charge in [-0.2, -0.15) is 0 Å². The molecule has 23 heavy (non-hydrogen) atoms. The summed E-state index contributed by atoms with van der Waals surface area (Å²) in [7, 11) is -3.60. The van der Waals surface area contributed by atoms with Crippen molar-refractivity contribution < 1.29 is 13.3 Å². The van der Waals surface area contributed by atoms with E-state index in [1.165, 1.54) is 18.2 Å². The zero-order chi connectivity index (χ0) is 16.6. The van der Waals surface area contributed by atoms with E-state index in [1.807, 2.05) is 0 Å². The molecule has 0 spiro atoms. The van der Waals surface area contributed by atoms with Crippen molar-refractivity contribution in [3.63, 3.8) is 0 Å². The summed E-state index contributed by atoms with van der Waals surface area (Å²) >= 11 is 4.31. The second-order valence-electron chi connectivity index (χ2n) is 4.77. The first kappa shape index (κ1) is 16.0. The average Bonchev–Trinajstić information content (AvgIpc) is 2.93. The fourth-order valence-corrected chi connectivity index (χ4v) is 4.89. The van der Waals surface area contributed by atoms with Crippen molar-refractivity contribution in [2.45, 2.75) is 10.1 Å². The first-order chi connectivity index (χ1) is 10.8. The van der Waals surface area contributed by atoms with Gasteiger partial charge in [-0.05, 0) is 23.8 Å². The highest BCUT2D eigenvalue weighted by Gasteiger charge is 2.21. The lowest BCUT2D eigenvalue weighted by molar-refractivity contribution is -0.384. The molecule has 0 saturated heterocycles. The summed E-state index contributed by atoms with van der Waals surface area (Å²) in [6.45, 7) is 0. The molecule has 0 fully saturated rings. The highest BCUT2D eigenvalue weighted by atomic mass is 79.9. The van der Waals surface area contributed by atoms with Gasteiger partial charge in [-0.25, -0.2) is 13.4 Å². The van der Waals surface area contributed by atoms with E-state index in [0.29, 0.717) is 15.8 Å². The lowest BCUT2D eigenvalue weighted by Gasteiger charge is -2.01. The highest BCUT2D eigenvalue weighted by molar-refractivity contribution is 9.10. The predicted molar refractivity (Wildman–Crippen MR) is 91.3 cm³/mol. The molecular formula is C14H9BrN2O4S2. The van der Waals surface area contributed by atoms with Gasteiger partial charge in [-0.1, -0.05) is 28.1 Å². The van der Waals surface area contributed by atoms with Crippen molar-refractivity contribution in [1.82, 2.24) is 4.98 Å². The lowest BCUT2D eigenvalue weighted by atomic mass is 10.2.